The van der Waals surface area contributed by atoms with Gasteiger partial charge in [-0.15, -0.1) is 0 Å². The summed E-state index contributed by atoms with van der Waals surface area (Å²) in [6.45, 7) is 0.344. The third-order valence-electron chi connectivity index (χ3n) is 2.79. The van der Waals surface area contributed by atoms with Crippen LogP contribution in [-0.2, 0) is 16.6 Å². The van der Waals surface area contributed by atoms with E-state index in [0.29, 0.717) is 6.54 Å². The molecule has 0 radical (unpaired) electrons. The third kappa shape index (κ3) is 2.86. The fourth-order valence-electron chi connectivity index (χ4n) is 1.68. The highest BCUT2D eigenvalue weighted by Gasteiger charge is 2.27. The molecule has 0 atom stereocenters. The molecule has 0 bridgehead atoms. The van der Waals surface area contributed by atoms with Crippen molar-refractivity contribution in [2.24, 2.45) is 0 Å². The first-order valence-electron chi connectivity index (χ1n) is 5.80. The van der Waals surface area contributed by atoms with Gasteiger partial charge in [0.2, 0.25) is 10.0 Å². The molecule has 0 aliphatic carbocycles. The van der Waals surface area contributed by atoms with Crippen molar-refractivity contribution in [3.63, 3.8) is 0 Å². The van der Waals surface area contributed by atoms with Gasteiger partial charge in [0.25, 0.3) is 0 Å². The molecule has 0 N–H and O–H groups in total. The van der Waals surface area contributed by atoms with Crippen LogP contribution >= 0.6 is 0 Å². The van der Waals surface area contributed by atoms with Crippen molar-refractivity contribution in [3.05, 3.63) is 48.3 Å². The van der Waals surface area contributed by atoms with Crippen LogP contribution in [0.15, 0.2) is 41.6 Å². The Morgan fingerprint density at radius 2 is 1.90 bits per heavy atom. The van der Waals surface area contributed by atoms with Crippen molar-refractivity contribution in [1.82, 2.24) is 14.1 Å². The van der Waals surface area contributed by atoms with E-state index in [1.165, 1.54) is 11.7 Å². The standard InChI is InChI=1S/C12H13F2N3O2S/c1-16(8-9-17-7-3-6-15-17)20(18,19)12-10(13)4-2-5-11(12)14/h2-7H,8-9H2,1H3. The molecule has 0 unspecified atom stereocenters. The number of hydrogen-bond acceptors (Lipinski definition) is 3. The number of rotatable bonds is 5. The summed E-state index contributed by atoms with van der Waals surface area (Å²) in [7, 11) is -2.94. The Morgan fingerprint density at radius 1 is 1.25 bits per heavy atom. The van der Waals surface area contributed by atoms with Crippen LogP contribution in [-0.4, -0.2) is 36.1 Å². The maximum absolute atomic E-state index is 13.6. The topological polar surface area (TPSA) is 55.2 Å². The first kappa shape index (κ1) is 14.6. The van der Waals surface area contributed by atoms with Gasteiger partial charge in [-0.25, -0.2) is 17.2 Å². The van der Waals surface area contributed by atoms with Crippen LogP contribution in [0.1, 0.15) is 0 Å². The molecule has 0 fully saturated rings. The molecule has 108 valence electrons. The molecule has 0 amide bonds. The van der Waals surface area contributed by atoms with Crippen LogP contribution in [0.4, 0.5) is 8.78 Å². The number of sulfonamides is 1. The zero-order valence-corrected chi connectivity index (χ0v) is 11.5. The number of halogens is 2. The minimum absolute atomic E-state index is 0.0534. The smallest absolute Gasteiger partial charge is 0.248 e. The van der Waals surface area contributed by atoms with E-state index in [1.54, 1.807) is 18.5 Å². The van der Waals surface area contributed by atoms with E-state index in [4.69, 9.17) is 0 Å². The van der Waals surface area contributed by atoms with Crippen molar-refractivity contribution in [3.8, 4) is 0 Å². The fraction of sp³-hybridized carbons (Fsp3) is 0.250. The lowest BCUT2D eigenvalue weighted by molar-refractivity contribution is 0.423. The van der Waals surface area contributed by atoms with Crippen molar-refractivity contribution < 1.29 is 17.2 Å². The zero-order valence-electron chi connectivity index (χ0n) is 10.7. The van der Waals surface area contributed by atoms with Crippen LogP contribution in [0.5, 0.6) is 0 Å². The summed E-state index contributed by atoms with van der Waals surface area (Å²) in [5.41, 5.74) is 0. The average molecular weight is 301 g/mol. The van der Waals surface area contributed by atoms with Gasteiger partial charge in [0.05, 0.1) is 6.54 Å². The third-order valence-corrected chi connectivity index (χ3v) is 4.70. The van der Waals surface area contributed by atoms with E-state index in [-0.39, 0.29) is 6.54 Å². The first-order valence-corrected chi connectivity index (χ1v) is 7.24. The van der Waals surface area contributed by atoms with Gasteiger partial charge in [0.1, 0.15) is 11.6 Å². The Hall–Kier alpha value is -1.80. The van der Waals surface area contributed by atoms with Gasteiger partial charge in [-0.2, -0.15) is 9.40 Å². The molecule has 2 rings (SSSR count). The van der Waals surface area contributed by atoms with E-state index >= 15 is 0 Å². The summed E-state index contributed by atoms with van der Waals surface area (Å²) in [6, 6.07) is 4.65. The lowest BCUT2D eigenvalue weighted by Crippen LogP contribution is -2.31. The molecule has 1 aromatic carbocycles. The second kappa shape index (κ2) is 5.68. The summed E-state index contributed by atoms with van der Waals surface area (Å²) in [4.78, 5) is -0.928. The molecule has 0 aliphatic rings. The molecular formula is C12H13F2N3O2S. The number of hydrogen-bond donors (Lipinski definition) is 0. The maximum Gasteiger partial charge on any atom is 0.248 e. The Bertz CT molecular complexity index is 666. The Labute approximate surface area is 115 Å². The highest BCUT2D eigenvalue weighted by Crippen LogP contribution is 2.21. The van der Waals surface area contributed by atoms with Crippen LogP contribution in [0, 0.1) is 11.6 Å². The van der Waals surface area contributed by atoms with Crippen molar-refractivity contribution >= 4 is 10.0 Å². The highest BCUT2D eigenvalue weighted by molar-refractivity contribution is 7.89. The van der Waals surface area contributed by atoms with Gasteiger partial charge in [0.15, 0.2) is 4.90 Å². The van der Waals surface area contributed by atoms with Gasteiger partial charge >= 0.3 is 0 Å². The van der Waals surface area contributed by atoms with Crippen LogP contribution in [0.3, 0.4) is 0 Å². The summed E-state index contributed by atoms with van der Waals surface area (Å²) >= 11 is 0. The molecule has 8 heteroatoms. The second-order valence-electron chi connectivity index (χ2n) is 4.15. The van der Waals surface area contributed by atoms with Crippen molar-refractivity contribution in [2.45, 2.75) is 11.4 Å². The summed E-state index contributed by atoms with van der Waals surface area (Å²) in [5, 5.41) is 3.93. The van der Waals surface area contributed by atoms with Crippen LogP contribution < -0.4 is 0 Å². The van der Waals surface area contributed by atoms with Crippen molar-refractivity contribution in [1.29, 1.82) is 0 Å². The second-order valence-corrected chi connectivity index (χ2v) is 6.13. The monoisotopic (exact) mass is 301 g/mol. The van der Waals surface area contributed by atoms with E-state index < -0.39 is 26.6 Å². The zero-order chi connectivity index (χ0) is 14.8. The SMILES string of the molecule is CN(CCn1cccn1)S(=O)(=O)c1c(F)cccc1F. The lowest BCUT2D eigenvalue weighted by atomic mass is 10.3. The number of nitrogens with zero attached hydrogens (tertiary/aromatic N) is 3. The highest BCUT2D eigenvalue weighted by atomic mass is 32.2. The lowest BCUT2D eigenvalue weighted by Gasteiger charge is -2.17. The number of aromatic nitrogens is 2. The fourth-order valence-corrected chi connectivity index (χ4v) is 2.94. The molecular weight excluding hydrogens is 288 g/mol. The molecule has 1 heterocycles. The Balaban J connectivity index is 2.21. The van der Waals surface area contributed by atoms with Crippen LogP contribution in [0.25, 0.3) is 0 Å². The molecule has 1 aromatic heterocycles. The van der Waals surface area contributed by atoms with E-state index in [1.807, 2.05) is 0 Å². The van der Waals surface area contributed by atoms with E-state index in [9.17, 15) is 17.2 Å². The average Bonchev–Trinajstić information content (AvgIpc) is 2.88. The minimum atomic E-state index is -4.21. The van der Waals surface area contributed by atoms with Crippen molar-refractivity contribution in [2.75, 3.05) is 13.6 Å². The summed E-state index contributed by atoms with van der Waals surface area (Å²) in [5.74, 6) is -2.20. The van der Waals surface area contributed by atoms with Gasteiger partial charge in [-0.05, 0) is 18.2 Å². The first-order chi connectivity index (χ1) is 9.43. The molecule has 2 aromatic rings. The molecule has 0 aliphatic heterocycles. The van der Waals surface area contributed by atoms with Gasteiger partial charge in [-0.1, -0.05) is 6.07 Å². The molecule has 0 spiro atoms. The summed E-state index contributed by atoms with van der Waals surface area (Å²) in [6.07, 6.45) is 3.23. The normalized spacial score (nSPS) is 12.0. The summed E-state index contributed by atoms with van der Waals surface area (Å²) < 4.78 is 53.8. The maximum atomic E-state index is 13.6. The molecule has 0 saturated carbocycles. The largest absolute Gasteiger partial charge is 0.271 e. The van der Waals surface area contributed by atoms with E-state index in [2.05, 4.69) is 5.10 Å². The Morgan fingerprint density at radius 3 is 2.45 bits per heavy atom. The predicted molar refractivity (Wildman–Crippen MR) is 68.4 cm³/mol. The quantitative estimate of drug-likeness (QED) is 0.840. The number of benzene rings is 1. The van der Waals surface area contributed by atoms with Gasteiger partial charge < -0.3 is 0 Å². The predicted octanol–water partition coefficient (Wildman–Crippen LogP) is 1.48. The van der Waals surface area contributed by atoms with Gasteiger partial charge in [0, 0.05) is 26.0 Å². The Kier molecular flexibility index (Phi) is 4.15. The molecule has 20 heavy (non-hydrogen) atoms. The van der Waals surface area contributed by atoms with Gasteiger partial charge in [-0.3, -0.25) is 4.68 Å². The van der Waals surface area contributed by atoms with Crippen LogP contribution in [0.2, 0.25) is 0 Å². The minimum Gasteiger partial charge on any atom is -0.271 e. The van der Waals surface area contributed by atoms with E-state index in [0.717, 1.165) is 22.5 Å². The molecule has 0 saturated heterocycles. The molecule has 5 nitrogen and oxygen atoms in total. The number of likely N-dealkylation sites (N-methyl/N-ethyl adjacent to an activating group) is 1.